The second-order valence-corrected chi connectivity index (χ2v) is 10.4. The molecule has 1 aliphatic rings. The standard InChI is InChI=1S/C27H28FN3O5S/c1-2-30(37(34,35)22-14-12-21(28)13-15-22)19-26(32)31-18-25(36-24-11-7-6-10-23(24)31)27(33)29-17-16-20-8-4-3-5-9-20/h3-15,25H,2,16-19H2,1H3,(H,29,33)/t25-/m1/s1. The Morgan fingerprint density at radius 2 is 1.70 bits per heavy atom. The van der Waals surface area contributed by atoms with Gasteiger partial charge in [-0.2, -0.15) is 4.31 Å². The van der Waals surface area contributed by atoms with E-state index in [1.165, 1.54) is 4.90 Å². The molecule has 4 rings (SSSR count). The van der Waals surface area contributed by atoms with Crippen molar-refractivity contribution in [3.63, 3.8) is 0 Å². The Kier molecular flexibility index (Phi) is 8.20. The fraction of sp³-hybridized carbons (Fsp3) is 0.259. The van der Waals surface area contributed by atoms with Crippen LogP contribution < -0.4 is 15.0 Å². The van der Waals surface area contributed by atoms with E-state index in [1.54, 1.807) is 31.2 Å². The smallest absolute Gasteiger partial charge is 0.262 e. The van der Waals surface area contributed by atoms with E-state index in [-0.39, 0.29) is 23.9 Å². The van der Waals surface area contributed by atoms with E-state index < -0.39 is 34.4 Å². The van der Waals surface area contributed by atoms with Crippen LogP contribution in [0.2, 0.25) is 0 Å². The van der Waals surface area contributed by atoms with E-state index in [9.17, 15) is 22.4 Å². The SMILES string of the molecule is CCN(CC(=O)N1C[C@H](C(=O)NCCc2ccccc2)Oc2ccccc21)S(=O)(=O)c1ccc(F)cc1. The third-order valence-corrected chi connectivity index (χ3v) is 7.97. The predicted octanol–water partition coefficient (Wildman–Crippen LogP) is 2.99. The van der Waals surface area contributed by atoms with E-state index in [4.69, 9.17) is 4.74 Å². The Hall–Kier alpha value is -3.76. The second kappa shape index (κ2) is 11.5. The summed E-state index contributed by atoms with van der Waals surface area (Å²) < 4.78 is 46.4. The van der Waals surface area contributed by atoms with Gasteiger partial charge in [0.2, 0.25) is 15.9 Å². The van der Waals surface area contributed by atoms with Crippen molar-refractivity contribution < 1.29 is 27.1 Å². The first-order valence-electron chi connectivity index (χ1n) is 11.9. The minimum atomic E-state index is -4.04. The Labute approximate surface area is 215 Å². The molecule has 3 aromatic rings. The minimum absolute atomic E-state index is 0.0286. The Morgan fingerprint density at radius 1 is 1.03 bits per heavy atom. The molecule has 3 aromatic carbocycles. The molecule has 1 atom stereocenters. The lowest BCUT2D eigenvalue weighted by atomic mass is 10.1. The van der Waals surface area contributed by atoms with Gasteiger partial charge in [0.1, 0.15) is 11.6 Å². The summed E-state index contributed by atoms with van der Waals surface area (Å²) in [6, 6.07) is 21.0. The first-order valence-corrected chi connectivity index (χ1v) is 13.4. The Bertz CT molecular complexity index is 1350. The number of hydrogen-bond acceptors (Lipinski definition) is 5. The van der Waals surface area contributed by atoms with Gasteiger partial charge in [-0.25, -0.2) is 12.8 Å². The van der Waals surface area contributed by atoms with Crippen molar-refractivity contribution in [2.24, 2.45) is 0 Å². The number of sulfonamides is 1. The molecule has 0 fully saturated rings. The summed E-state index contributed by atoms with van der Waals surface area (Å²) >= 11 is 0. The second-order valence-electron chi connectivity index (χ2n) is 8.49. The molecule has 0 aromatic heterocycles. The van der Waals surface area contributed by atoms with Crippen molar-refractivity contribution in [3.8, 4) is 5.75 Å². The molecule has 10 heteroatoms. The number of fused-ring (bicyclic) bond motifs is 1. The van der Waals surface area contributed by atoms with Crippen LogP contribution in [0.1, 0.15) is 12.5 Å². The first kappa shape index (κ1) is 26.3. The quantitative estimate of drug-likeness (QED) is 0.464. The molecule has 1 aliphatic heterocycles. The number of likely N-dealkylation sites (N-methyl/N-ethyl adjacent to an activating group) is 1. The van der Waals surface area contributed by atoms with Gasteiger partial charge >= 0.3 is 0 Å². The average Bonchev–Trinajstić information content (AvgIpc) is 2.91. The maximum Gasteiger partial charge on any atom is 0.262 e. The normalized spacial score (nSPS) is 15.1. The lowest BCUT2D eigenvalue weighted by molar-refractivity contribution is -0.128. The van der Waals surface area contributed by atoms with Crippen molar-refractivity contribution in [3.05, 3.63) is 90.2 Å². The van der Waals surface area contributed by atoms with Crippen LogP contribution in [0.25, 0.3) is 0 Å². The molecule has 1 heterocycles. The van der Waals surface area contributed by atoms with Crippen LogP contribution in [0, 0.1) is 5.82 Å². The number of nitrogens with zero attached hydrogens (tertiary/aromatic N) is 2. The van der Waals surface area contributed by atoms with Crippen molar-refractivity contribution in [2.45, 2.75) is 24.3 Å². The van der Waals surface area contributed by atoms with Gasteiger partial charge in [0.25, 0.3) is 5.91 Å². The third kappa shape index (κ3) is 6.15. The van der Waals surface area contributed by atoms with Gasteiger partial charge in [-0.05, 0) is 48.4 Å². The molecule has 2 amide bonds. The number of ether oxygens (including phenoxy) is 1. The van der Waals surface area contributed by atoms with Crippen molar-refractivity contribution >= 4 is 27.5 Å². The van der Waals surface area contributed by atoms with E-state index in [2.05, 4.69) is 5.32 Å². The molecule has 1 N–H and O–H groups in total. The van der Waals surface area contributed by atoms with Crippen LogP contribution in [-0.4, -0.2) is 56.8 Å². The van der Waals surface area contributed by atoms with Gasteiger partial charge in [-0.15, -0.1) is 0 Å². The molecule has 0 bridgehead atoms. The van der Waals surface area contributed by atoms with Gasteiger partial charge in [-0.3, -0.25) is 9.59 Å². The van der Waals surface area contributed by atoms with Gasteiger partial charge in [-0.1, -0.05) is 49.4 Å². The van der Waals surface area contributed by atoms with E-state index in [1.807, 2.05) is 30.3 Å². The molecule has 0 radical (unpaired) electrons. The summed E-state index contributed by atoms with van der Waals surface area (Å²) in [7, 11) is -4.04. The maximum atomic E-state index is 13.4. The Balaban J connectivity index is 1.48. The number of amides is 2. The molecular weight excluding hydrogens is 497 g/mol. The number of benzene rings is 3. The largest absolute Gasteiger partial charge is 0.477 e. The lowest BCUT2D eigenvalue weighted by Gasteiger charge is -2.35. The molecule has 0 saturated heterocycles. The average molecular weight is 526 g/mol. The predicted molar refractivity (Wildman–Crippen MR) is 137 cm³/mol. The molecule has 0 saturated carbocycles. The van der Waals surface area contributed by atoms with E-state index in [0.717, 1.165) is 34.1 Å². The van der Waals surface area contributed by atoms with E-state index >= 15 is 0 Å². The van der Waals surface area contributed by atoms with Crippen molar-refractivity contribution in [1.29, 1.82) is 0 Å². The van der Waals surface area contributed by atoms with Crippen LogP contribution in [0.4, 0.5) is 10.1 Å². The molecule has 0 aliphatic carbocycles. The van der Waals surface area contributed by atoms with Crippen LogP contribution in [0.5, 0.6) is 5.75 Å². The first-order chi connectivity index (χ1) is 17.8. The van der Waals surface area contributed by atoms with Gasteiger partial charge in [0, 0.05) is 13.1 Å². The summed E-state index contributed by atoms with van der Waals surface area (Å²) in [5, 5.41) is 2.85. The van der Waals surface area contributed by atoms with Crippen LogP contribution in [0.15, 0.2) is 83.8 Å². The summed E-state index contributed by atoms with van der Waals surface area (Å²) in [4.78, 5) is 27.6. The lowest BCUT2D eigenvalue weighted by Crippen LogP contribution is -2.53. The monoisotopic (exact) mass is 525 g/mol. The van der Waals surface area contributed by atoms with E-state index in [0.29, 0.717) is 24.4 Å². The summed E-state index contributed by atoms with van der Waals surface area (Å²) in [6.45, 7) is 1.53. The molecule has 0 unspecified atom stereocenters. The van der Waals surface area contributed by atoms with Crippen LogP contribution in [0.3, 0.4) is 0 Å². The highest BCUT2D eigenvalue weighted by atomic mass is 32.2. The number of hydrogen-bond donors (Lipinski definition) is 1. The molecule has 8 nitrogen and oxygen atoms in total. The number of nitrogens with one attached hydrogen (secondary N) is 1. The summed E-state index contributed by atoms with van der Waals surface area (Å²) in [5.41, 5.74) is 1.53. The van der Waals surface area contributed by atoms with Crippen molar-refractivity contribution in [2.75, 3.05) is 31.1 Å². The molecular formula is C27H28FN3O5S. The minimum Gasteiger partial charge on any atom is -0.477 e. The number of carbonyl (C=O) groups excluding carboxylic acids is 2. The summed E-state index contributed by atoms with van der Waals surface area (Å²) in [5.74, 6) is -1.08. The van der Waals surface area contributed by atoms with Crippen LogP contribution in [-0.2, 0) is 26.0 Å². The zero-order valence-electron chi connectivity index (χ0n) is 20.3. The molecule has 194 valence electrons. The topological polar surface area (TPSA) is 96.0 Å². The number of para-hydroxylation sites is 2. The molecule has 37 heavy (non-hydrogen) atoms. The Morgan fingerprint density at radius 3 is 2.41 bits per heavy atom. The maximum absolute atomic E-state index is 13.4. The van der Waals surface area contributed by atoms with Crippen molar-refractivity contribution in [1.82, 2.24) is 9.62 Å². The van der Waals surface area contributed by atoms with Gasteiger partial charge in [0.05, 0.1) is 23.7 Å². The number of carbonyl (C=O) groups is 2. The number of halogens is 1. The zero-order chi connectivity index (χ0) is 26.4. The number of rotatable bonds is 9. The molecule has 0 spiro atoms. The zero-order valence-corrected chi connectivity index (χ0v) is 21.2. The third-order valence-electron chi connectivity index (χ3n) is 6.04. The highest BCUT2D eigenvalue weighted by molar-refractivity contribution is 7.89. The highest BCUT2D eigenvalue weighted by Crippen LogP contribution is 2.33. The highest BCUT2D eigenvalue weighted by Gasteiger charge is 2.35. The van der Waals surface area contributed by atoms with Crippen LogP contribution >= 0.6 is 0 Å². The van der Waals surface area contributed by atoms with Gasteiger partial charge in [0.15, 0.2) is 6.10 Å². The number of anilines is 1. The van der Waals surface area contributed by atoms with Gasteiger partial charge < -0.3 is 15.0 Å². The fourth-order valence-corrected chi connectivity index (χ4v) is 5.45. The summed E-state index contributed by atoms with van der Waals surface area (Å²) in [6.07, 6.45) is -0.316. The fourth-order valence-electron chi connectivity index (χ4n) is 4.05.